The number of rotatable bonds is 49. The molecule has 2 unspecified atom stereocenters. The molecule has 0 fully saturated rings. The zero-order valence-electron chi connectivity index (χ0n) is 38.6. The zero-order valence-corrected chi connectivity index (χ0v) is 39.5. The van der Waals surface area contributed by atoms with Gasteiger partial charge < -0.3 is 20.1 Å². The summed E-state index contributed by atoms with van der Waals surface area (Å²) in [7, 11) is -4.28. The van der Waals surface area contributed by atoms with Crippen LogP contribution in [0.3, 0.4) is 0 Å². The van der Waals surface area contributed by atoms with Crippen molar-refractivity contribution in [3.05, 3.63) is 12.2 Å². The van der Waals surface area contributed by atoms with Crippen molar-refractivity contribution in [3.8, 4) is 0 Å². The van der Waals surface area contributed by atoms with Gasteiger partial charge in [0.15, 0.2) is 0 Å². The van der Waals surface area contributed by atoms with Crippen molar-refractivity contribution in [3.63, 3.8) is 0 Å². The minimum Gasteiger partial charge on any atom is -0.457 e. The van der Waals surface area contributed by atoms with Crippen molar-refractivity contribution < 1.29 is 32.8 Å². The summed E-state index contributed by atoms with van der Waals surface area (Å²) in [5.41, 5.74) is 5.39. The maximum atomic E-state index is 12.6. The van der Waals surface area contributed by atoms with Crippen LogP contribution in [0.15, 0.2) is 12.2 Å². The van der Waals surface area contributed by atoms with Crippen molar-refractivity contribution in [2.24, 2.45) is 5.73 Å². The van der Waals surface area contributed by atoms with E-state index in [4.69, 9.17) is 24.3 Å². The number of unbranched alkanes of at least 4 members (excludes halogenated alkanes) is 34. The Labute approximate surface area is 360 Å². The van der Waals surface area contributed by atoms with Crippen molar-refractivity contribution >= 4 is 13.8 Å². The summed E-state index contributed by atoms with van der Waals surface area (Å²) in [6.45, 7) is 4.97. The Kier molecular flexibility index (Phi) is 46.7. The maximum absolute atomic E-state index is 12.6. The van der Waals surface area contributed by atoms with Gasteiger partial charge in [0.05, 0.1) is 19.8 Å². The Morgan fingerprint density at radius 1 is 0.500 bits per heavy atom. The lowest BCUT2D eigenvalue weighted by molar-refractivity contribution is -0.154. The van der Waals surface area contributed by atoms with Gasteiger partial charge in [-0.25, -0.2) is 4.57 Å². The van der Waals surface area contributed by atoms with Crippen molar-refractivity contribution in [2.45, 2.75) is 264 Å². The molecule has 0 aliphatic carbocycles. The van der Waals surface area contributed by atoms with Gasteiger partial charge in [0.25, 0.3) is 0 Å². The Balaban J connectivity index is 3.90. The number of allylic oxidation sites excluding steroid dienone is 2. The highest BCUT2D eigenvalue weighted by atomic mass is 31.2. The number of hydrogen-bond acceptors (Lipinski definition) is 7. The monoisotopic (exact) mass is 844 g/mol. The van der Waals surface area contributed by atoms with E-state index in [9.17, 15) is 14.3 Å². The lowest BCUT2D eigenvalue weighted by Crippen LogP contribution is -2.28. The van der Waals surface area contributed by atoms with E-state index in [1.54, 1.807) is 0 Å². The van der Waals surface area contributed by atoms with Gasteiger partial charge in [-0.3, -0.25) is 13.8 Å². The molecule has 0 heterocycles. The minimum absolute atomic E-state index is 0.0930. The summed E-state index contributed by atoms with van der Waals surface area (Å²) in [5, 5.41) is 0. The highest BCUT2D eigenvalue weighted by Crippen LogP contribution is 2.43. The predicted octanol–water partition coefficient (Wildman–Crippen LogP) is 15.4. The number of carbonyl (C=O) groups is 1. The Morgan fingerprint density at radius 2 is 0.862 bits per heavy atom. The Bertz CT molecular complexity index is 904. The van der Waals surface area contributed by atoms with Crippen LogP contribution >= 0.6 is 7.82 Å². The van der Waals surface area contributed by atoms with Crippen molar-refractivity contribution in [1.82, 2.24) is 0 Å². The number of ether oxygens (including phenoxy) is 2. The van der Waals surface area contributed by atoms with Crippen molar-refractivity contribution in [2.75, 3.05) is 33.0 Å². The molecule has 3 N–H and O–H groups in total. The highest BCUT2D eigenvalue weighted by molar-refractivity contribution is 7.47. The molecule has 0 aromatic carbocycles. The van der Waals surface area contributed by atoms with Crippen LogP contribution in [0.4, 0.5) is 0 Å². The van der Waals surface area contributed by atoms with Gasteiger partial charge in [-0.1, -0.05) is 225 Å². The van der Waals surface area contributed by atoms with E-state index in [1.807, 2.05) is 0 Å². The normalized spacial score (nSPS) is 13.4. The highest BCUT2D eigenvalue weighted by Gasteiger charge is 2.25. The first kappa shape index (κ1) is 57.2. The van der Waals surface area contributed by atoms with E-state index >= 15 is 0 Å². The van der Waals surface area contributed by atoms with E-state index in [0.29, 0.717) is 13.0 Å². The first-order chi connectivity index (χ1) is 28.4. The number of phosphoric ester groups is 1. The van der Waals surface area contributed by atoms with E-state index < -0.39 is 13.9 Å². The summed E-state index contributed by atoms with van der Waals surface area (Å²) in [6.07, 6.45) is 52.4. The molecule has 0 aromatic heterocycles. The molecule has 8 nitrogen and oxygen atoms in total. The van der Waals surface area contributed by atoms with Gasteiger partial charge in [0.1, 0.15) is 6.10 Å². The molecule has 0 radical (unpaired) electrons. The molecule has 0 bridgehead atoms. The zero-order chi connectivity index (χ0) is 42.3. The summed E-state index contributed by atoms with van der Waals surface area (Å²) >= 11 is 0. The molecule has 2 atom stereocenters. The fourth-order valence-corrected chi connectivity index (χ4v) is 8.23. The summed E-state index contributed by atoms with van der Waals surface area (Å²) < 4.78 is 33.6. The molecule has 0 amide bonds. The topological polar surface area (TPSA) is 117 Å². The van der Waals surface area contributed by atoms with E-state index in [-0.39, 0.29) is 32.3 Å². The molecule has 0 rings (SSSR count). The van der Waals surface area contributed by atoms with Crippen molar-refractivity contribution in [1.29, 1.82) is 0 Å². The molecule has 0 spiro atoms. The molecular weight excluding hydrogens is 746 g/mol. The average molecular weight is 844 g/mol. The van der Waals surface area contributed by atoms with Crippen LogP contribution in [0.2, 0.25) is 0 Å². The molecule has 346 valence electrons. The molecule has 0 aromatic rings. The third-order valence-corrected chi connectivity index (χ3v) is 12.2. The smallest absolute Gasteiger partial charge is 0.457 e. The predicted molar refractivity (Wildman–Crippen MR) is 247 cm³/mol. The second-order valence-electron chi connectivity index (χ2n) is 17.0. The van der Waals surface area contributed by atoms with Gasteiger partial charge >= 0.3 is 13.8 Å². The Hall–Kier alpha value is -0.760. The number of nitrogens with two attached hydrogens (primary N) is 1. The molecule has 58 heavy (non-hydrogen) atoms. The first-order valence-corrected chi connectivity index (χ1v) is 26.7. The largest absolute Gasteiger partial charge is 0.472 e. The molecular formula is C49H98NO7P. The number of esters is 1. The lowest BCUT2D eigenvalue weighted by Gasteiger charge is -2.20. The lowest BCUT2D eigenvalue weighted by atomic mass is 10.0. The number of carbonyl (C=O) groups excluding carboxylic acids is 1. The van der Waals surface area contributed by atoms with E-state index in [0.717, 1.165) is 32.1 Å². The standard InChI is InChI=1S/C49H98NO7P/c1-3-5-7-9-11-13-15-17-19-21-22-23-24-25-26-28-30-32-34-36-38-40-42-49(51)57-48(47-56-58(52,53)55-45-43-50)46-54-44-41-39-37-35-33-31-29-27-20-18-16-14-12-10-8-6-4-2/h20,27,48H,3-19,21-26,28-47,50H2,1-2H3,(H,52,53)/b27-20-. The summed E-state index contributed by atoms with van der Waals surface area (Å²) in [5.74, 6) is -0.325. The van der Waals surface area contributed by atoms with Crippen LogP contribution in [-0.2, 0) is 27.9 Å². The second kappa shape index (κ2) is 47.3. The SMILES string of the molecule is CCCCCCCCC/C=C\CCCCCCCCOCC(COP(=O)(O)OCCN)OC(=O)CCCCCCCCCCCCCCCCCCCCCCCC. The van der Waals surface area contributed by atoms with Crippen LogP contribution in [-0.4, -0.2) is 49.9 Å². The van der Waals surface area contributed by atoms with Gasteiger partial charge in [-0.2, -0.15) is 0 Å². The quantitative estimate of drug-likeness (QED) is 0.0269. The van der Waals surface area contributed by atoms with E-state index in [1.165, 1.54) is 205 Å². The molecule has 0 saturated heterocycles. The molecule has 0 aliphatic heterocycles. The molecule has 0 saturated carbocycles. The summed E-state index contributed by atoms with van der Waals surface area (Å²) in [4.78, 5) is 22.6. The first-order valence-electron chi connectivity index (χ1n) is 25.2. The van der Waals surface area contributed by atoms with Crippen LogP contribution < -0.4 is 5.73 Å². The third-order valence-electron chi connectivity index (χ3n) is 11.2. The third kappa shape index (κ3) is 46.3. The Morgan fingerprint density at radius 3 is 1.26 bits per heavy atom. The second-order valence-corrected chi connectivity index (χ2v) is 18.5. The molecule has 9 heteroatoms. The van der Waals surface area contributed by atoms with Crippen LogP contribution in [0.1, 0.15) is 258 Å². The van der Waals surface area contributed by atoms with E-state index in [2.05, 4.69) is 26.0 Å². The van der Waals surface area contributed by atoms with Gasteiger partial charge in [-0.15, -0.1) is 0 Å². The van der Waals surface area contributed by atoms with Crippen LogP contribution in [0.25, 0.3) is 0 Å². The number of hydrogen-bond donors (Lipinski definition) is 2. The number of phosphoric acid groups is 1. The summed E-state index contributed by atoms with van der Waals surface area (Å²) in [6, 6.07) is 0. The average Bonchev–Trinajstić information content (AvgIpc) is 3.21. The van der Waals surface area contributed by atoms with Crippen LogP contribution in [0, 0.1) is 0 Å². The van der Waals surface area contributed by atoms with Crippen LogP contribution in [0.5, 0.6) is 0 Å². The van der Waals surface area contributed by atoms with Gasteiger partial charge in [-0.05, 0) is 38.5 Å². The maximum Gasteiger partial charge on any atom is 0.472 e. The van der Waals surface area contributed by atoms with Gasteiger partial charge in [0, 0.05) is 19.6 Å². The minimum atomic E-state index is -4.28. The fourth-order valence-electron chi connectivity index (χ4n) is 7.46. The fraction of sp³-hybridized carbons (Fsp3) is 0.939. The van der Waals surface area contributed by atoms with Gasteiger partial charge in [0.2, 0.25) is 0 Å². The molecule has 0 aliphatic rings.